The monoisotopic (exact) mass is 344 g/mol. The molecule has 0 spiro atoms. The van der Waals surface area contributed by atoms with Gasteiger partial charge in [0.1, 0.15) is 17.8 Å². The van der Waals surface area contributed by atoms with Gasteiger partial charge >= 0.3 is 0 Å². The van der Waals surface area contributed by atoms with Gasteiger partial charge in [-0.1, -0.05) is 6.07 Å². The fourth-order valence-electron chi connectivity index (χ4n) is 2.85. The van der Waals surface area contributed by atoms with E-state index < -0.39 is 10.7 Å². The number of rotatable bonds is 4. The van der Waals surface area contributed by atoms with Crippen LogP contribution in [0.15, 0.2) is 36.5 Å². The zero-order valence-corrected chi connectivity index (χ0v) is 13.6. The lowest BCUT2D eigenvalue weighted by atomic mass is 10.1. The lowest BCUT2D eigenvalue weighted by Crippen LogP contribution is -2.32. The van der Waals surface area contributed by atoms with E-state index in [4.69, 9.17) is 0 Å². The minimum Gasteiger partial charge on any atom is -0.365 e. The number of nitro groups is 1. The summed E-state index contributed by atoms with van der Waals surface area (Å²) < 4.78 is 13.4. The van der Waals surface area contributed by atoms with Crippen LogP contribution in [-0.2, 0) is 0 Å². The molecule has 0 saturated carbocycles. The van der Waals surface area contributed by atoms with Crippen molar-refractivity contribution in [1.29, 1.82) is 0 Å². The molecule has 1 saturated heterocycles. The van der Waals surface area contributed by atoms with Crippen LogP contribution in [0, 0.1) is 22.9 Å². The zero-order valence-electron chi connectivity index (χ0n) is 13.6. The summed E-state index contributed by atoms with van der Waals surface area (Å²) >= 11 is 0. The molecule has 0 aliphatic carbocycles. The largest absolute Gasteiger partial charge is 0.365 e. The summed E-state index contributed by atoms with van der Waals surface area (Å²) in [4.78, 5) is 28.4. The molecule has 0 bridgehead atoms. The predicted octanol–water partition coefficient (Wildman–Crippen LogP) is 2.76. The Bertz CT molecular complexity index is 810. The van der Waals surface area contributed by atoms with Gasteiger partial charge in [-0.3, -0.25) is 14.9 Å². The van der Waals surface area contributed by atoms with Crippen molar-refractivity contribution in [3.05, 3.63) is 63.6 Å². The highest BCUT2D eigenvalue weighted by Gasteiger charge is 2.28. The van der Waals surface area contributed by atoms with Crippen molar-refractivity contribution in [2.45, 2.75) is 19.4 Å². The van der Waals surface area contributed by atoms with Crippen LogP contribution in [0.5, 0.6) is 0 Å². The van der Waals surface area contributed by atoms with E-state index in [0.29, 0.717) is 24.5 Å². The molecule has 1 unspecified atom stereocenters. The van der Waals surface area contributed by atoms with Crippen molar-refractivity contribution in [3.8, 4) is 0 Å². The van der Waals surface area contributed by atoms with Crippen LogP contribution in [0.2, 0.25) is 0 Å². The molecule has 1 fully saturated rings. The van der Waals surface area contributed by atoms with E-state index in [9.17, 15) is 19.3 Å². The topological polar surface area (TPSA) is 88.4 Å². The molecule has 1 aromatic carbocycles. The van der Waals surface area contributed by atoms with E-state index in [1.807, 2.05) is 0 Å². The second-order valence-corrected chi connectivity index (χ2v) is 6.00. The Kier molecular flexibility index (Phi) is 4.60. The van der Waals surface area contributed by atoms with Crippen LogP contribution in [0.4, 0.5) is 15.9 Å². The van der Waals surface area contributed by atoms with Crippen molar-refractivity contribution >= 4 is 17.4 Å². The second-order valence-electron chi connectivity index (χ2n) is 6.00. The third kappa shape index (κ3) is 3.73. The Hall–Kier alpha value is -3.03. The molecule has 1 aromatic heterocycles. The van der Waals surface area contributed by atoms with Crippen LogP contribution >= 0.6 is 0 Å². The van der Waals surface area contributed by atoms with Crippen LogP contribution in [0.25, 0.3) is 0 Å². The van der Waals surface area contributed by atoms with E-state index in [1.54, 1.807) is 24.0 Å². The van der Waals surface area contributed by atoms with E-state index >= 15 is 0 Å². The van der Waals surface area contributed by atoms with Gasteiger partial charge in [0.05, 0.1) is 4.92 Å². The van der Waals surface area contributed by atoms with Crippen molar-refractivity contribution < 1.29 is 14.1 Å². The summed E-state index contributed by atoms with van der Waals surface area (Å²) in [6.45, 7) is 2.80. The number of aryl methyl sites for hydroxylation is 1. The van der Waals surface area contributed by atoms with Crippen molar-refractivity contribution in [2.75, 3.05) is 18.4 Å². The first-order chi connectivity index (χ1) is 11.9. The number of likely N-dealkylation sites (tertiary alicyclic amines) is 1. The number of carbonyl (C=O) groups is 1. The summed E-state index contributed by atoms with van der Waals surface area (Å²) in [5.41, 5.74) is 1.03. The number of carbonyl (C=O) groups excluding carboxylic acids is 1. The molecule has 2 aromatic rings. The Morgan fingerprint density at radius 1 is 1.40 bits per heavy atom. The SMILES string of the molecule is Cc1ccc(F)cc1C(=O)N1CCC(Nc2ccc([N+](=O)[O-])cn2)C1. The molecular weight excluding hydrogens is 327 g/mol. The van der Waals surface area contributed by atoms with Gasteiger partial charge in [-0.2, -0.15) is 0 Å². The lowest BCUT2D eigenvalue weighted by molar-refractivity contribution is -0.385. The Balaban J connectivity index is 1.64. The first-order valence-corrected chi connectivity index (χ1v) is 7.86. The minimum atomic E-state index is -0.506. The zero-order chi connectivity index (χ0) is 18.0. The van der Waals surface area contributed by atoms with Crippen molar-refractivity contribution in [2.24, 2.45) is 0 Å². The summed E-state index contributed by atoms with van der Waals surface area (Å²) in [5.74, 6) is -0.109. The van der Waals surface area contributed by atoms with E-state index in [1.165, 1.54) is 24.4 Å². The van der Waals surface area contributed by atoms with Gasteiger partial charge in [-0.05, 0) is 37.1 Å². The molecule has 0 radical (unpaired) electrons. The smallest absolute Gasteiger partial charge is 0.287 e. The predicted molar refractivity (Wildman–Crippen MR) is 90.0 cm³/mol. The molecule has 1 atom stereocenters. The molecule has 1 amide bonds. The molecule has 3 rings (SSSR count). The van der Waals surface area contributed by atoms with Crippen molar-refractivity contribution in [1.82, 2.24) is 9.88 Å². The van der Waals surface area contributed by atoms with E-state index in [2.05, 4.69) is 10.3 Å². The molecule has 2 heterocycles. The molecular formula is C17H17FN4O3. The molecule has 7 nitrogen and oxygen atoms in total. The third-order valence-corrected chi connectivity index (χ3v) is 4.22. The molecule has 25 heavy (non-hydrogen) atoms. The number of nitrogens with one attached hydrogen (secondary N) is 1. The average Bonchev–Trinajstić information content (AvgIpc) is 3.05. The number of hydrogen-bond acceptors (Lipinski definition) is 5. The molecule has 1 aliphatic heterocycles. The average molecular weight is 344 g/mol. The van der Waals surface area contributed by atoms with Crippen molar-refractivity contribution in [3.63, 3.8) is 0 Å². The van der Waals surface area contributed by atoms with Gasteiger partial charge in [0, 0.05) is 30.8 Å². The summed E-state index contributed by atoms with van der Waals surface area (Å²) in [5, 5.41) is 13.8. The third-order valence-electron chi connectivity index (χ3n) is 4.22. The van der Waals surface area contributed by atoms with Crippen LogP contribution in [-0.4, -0.2) is 39.8 Å². The normalized spacial score (nSPS) is 16.7. The highest BCUT2D eigenvalue weighted by molar-refractivity contribution is 5.95. The Labute approximate surface area is 143 Å². The standard InChI is InChI=1S/C17H17FN4O3/c1-11-2-3-12(18)8-15(11)17(23)21-7-6-13(10-21)20-16-5-4-14(9-19-16)22(24)25/h2-5,8-9,13H,6-7,10H2,1H3,(H,19,20). The van der Waals surface area contributed by atoms with Crippen LogP contribution < -0.4 is 5.32 Å². The minimum absolute atomic E-state index is 0.00762. The molecule has 1 aliphatic rings. The summed E-state index contributed by atoms with van der Waals surface area (Å²) in [6, 6.07) is 7.10. The highest BCUT2D eigenvalue weighted by Crippen LogP contribution is 2.20. The molecule has 1 N–H and O–H groups in total. The number of hydrogen-bond donors (Lipinski definition) is 1. The van der Waals surface area contributed by atoms with E-state index in [0.717, 1.165) is 12.0 Å². The van der Waals surface area contributed by atoms with E-state index in [-0.39, 0.29) is 17.6 Å². The fraction of sp³-hybridized carbons (Fsp3) is 0.294. The van der Waals surface area contributed by atoms with Gasteiger partial charge in [-0.15, -0.1) is 0 Å². The highest BCUT2D eigenvalue weighted by atomic mass is 19.1. The van der Waals surface area contributed by atoms with Gasteiger partial charge < -0.3 is 10.2 Å². The Morgan fingerprint density at radius 2 is 2.20 bits per heavy atom. The quantitative estimate of drug-likeness (QED) is 0.680. The van der Waals surface area contributed by atoms with Crippen LogP contribution in [0.3, 0.4) is 0 Å². The van der Waals surface area contributed by atoms with Gasteiger partial charge in [0.25, 0.3) is 11.6 Å². The van der Waals surface area contributed by atoms with Gasteiger partial charge in [0.15, 0.2) is 0 Å². The Morgan fingerprint density at radius 3 is 2.88 bits per heavy atom. The number of aromatic nitrogens is 1. The first-order valence-electron chi connectivity index (χ1n) is 7.86. The number of pyridine rings is 1. The lowest BCUT2D eigenvalue weighted by Gasteiger charge is -2.18. The maximum Gasteiger partial charge on any atom is 0.287 e. The van der Waals surface area contributed by atoms with Gasteiger partial charge in [-0.25, -0.2) is 9.37 Å². The number of benzene rings is 1. The fourth-order valence-corrected chi connectivity index (χ4v) is 2.85. The molecule has 130 valence electrons. The first kappa shape index (κ1) is 16.8. The maximum atomic E-state index is 13.4. The number of anilines is 1. The summed E-state index contributed by atoms with van der Waals surface area (Å²) in [6.07, 6.45) is 1.91. The number of amides is 1. The number of halogens is 1. The van der Waals surface area contributed by atoms with Crippen LogP contribution in [0.1, 0.15) is 22.3 Å². The molecule has 8 heteroatoms. The number of nitrogens with zero attached hydrogens (tertiary/aromatic N) is 3. The van der Waals surface area contributed by atoms with Gasteiger partial charge in [0.2, 0.25) is 0 Å². The summed E-state index contributed by atoms with van der Waals surface area (Å²) in [7, 11) is 0. The maximum absolute atomic E-state index is 13.4. The second kappa shape index (κ2) is 6.84.